The van der Waals surface area contributed by atoms with Crippen molar-refractivity contribution < 1.29 is 14.0 Å². The van der Waals surface area contributed by atoms with Crippen LogP contribution in [0.25, 0.3) is 11.0 Å². The van der Waals surface area contributed by atoms with E-state index >= 15 is 0 Å². The molecule has 2 aliphatic heterocycles. The highest BCUT2D eigenvalue weighted by Crippen LogP contribution is 2.37. The van der Waals surface area contributed by atoms with Crippen LogP contribution in [0.3, 0.4) is 0 Å². The molecule has 1 saturated heterocycles. The molecule has 39 heavy (non-hydrogen) atoms. The fraction of sp³-hybridized carbons (Fsp3) is 0.233. The second kappa shape index (κ2) is 10.3. The lowest BCUT2D eigenvalue weighted by Gasteiger charge is -2.32. The average molecular weight is 523 g/mol. The van der Waals surface area contributed by atoms with Crippen LogP contribution in [0, 0.1) is 5.82 Å². The molecule has 1 fully saturated rings. The molecule has 2 aliphatic rings. The Morgan fingerprint density at radius 3 is 2.49 bits per heavy atom. The highest BCUT2D eigenvalue weighted by molar-refractivity contribution is 6.24. The predicted octanol–water partition coefficient (Wildman–Crippen LogP) is 3.94. The first-order valence-electron chi connectivity index (χ1n) is 12.9. The van der Waals surface area contributed by atoms with Gasteiger partial charge >= 0.3 is 0 Å². The lowest BCUT2D eigenvalue weighted by Crippen LogP contribution is -2.47. The molecule has 0 bridgehead atoms. The van der Waals surface area contributed by atoms with Gasteiger partial charge in [0.1, 0.15) is 11.7 Å². The molecule has 1 atom stereocenters. The summed E-state index contributed by atoms with van der Waals surface area (Å²) in [6.45, 7) is 3.25. The Kier molecular flexibility index (Phi) is 6.58. The number of nitrogens with one attached hydrogen (secondary N) is 1. The Balaban J connectivity index is 1.33. The van der Waals surface area contributed by atoms with Gasteiger partial charge in [-0.15, -0.1) is 0 Å². The number of aromatic nitrogens is 2. The minimum atomic E-state index is -0.729. The van der Waals surface area contributed by atoms with Crippen molar-refractivity contribution in [3.8, 4) is 0 Å². The van der Waals surface area contributed by atoms with Crippen LogP contribution >= 0.6 is 0 Å². The molecule has 3 aromatic carbocycles. The first-order chi connectivity index (χ1) is 18.9. The number of benzene rings is 3. The molecule has 1 unspecified atom stereocenters. The minimum Gasteiger partial charge on any atom is -0.340 e. The van der Waals surface area contributed by atoms with Crippen LogP contribution in [0.4, 0.5) is 15.8 Å². The molecule has 1 N–H and O–H groups in total. The van der Waals surface area contributed by atoms with E-state index < -0.39 is 11.7 Å². The van der Waals surface area contributed by atoms with E-state index in [0.717, 1.165) is 42.8 Å². The predicted molar refractivity (Wildman–Crippen MR) is 148 cm³/mol. The van der Waals surface area contributed by atoms with Crippen molar-refractivity contribution >= 4 is 39.9 Å². The summed E-state index contributed by atoms with van der Waals surface area (Å²) < 4.78 is 13.9. The second-order valence-electron chi connectivity index (χ2n) is 9.94. The Morgan fingerprint density at radius 1 is 0.974 bits per heavy atom. The van der Waals surface area contributed by atoms with Crippen molar-refractivity contribution in [2.75, 3.05) is 38.5 Å². The van der Waals surface area contributed by atoms with E-state index in [9.17, 15) is 14.0 Å². The number of fused-ring (bicyclic) bond motifs is 2. The normalized spacial score (nSPS) is 17.8. The van der Waals surface area contributed by atoms with Gasteiger partial charge in [-0.2, -0.15) is 0 Å². The maximum absolute atomic E-state index is 13.9. The van der Waals surface area contributed by atoms with Gasteiger partial charge < -0.3 is 15.1 Å². The number of likely N-dealkylation sites (N-methyl/N-ethyl adjacent to an activating group) is 1. The van der Waals surface area contributed by atoms with Gasteiger partial charge in [0.05, 0.1) is 28.9 Å². The van der Waals surface area contributed by atoms with E-state index in [4.69, 9.17) is 4.99 Å². The van der Waals surface area contributed by atoms with Gasteiger partial charge in [0.25, 0.3) is 0 Å². The number of halogens is 1. The molecule has 4 aromatic rings. The number of carbonyl (C=O) groups is 2. The van der Waals surface area contributed by atoms with Crippen molar-refractivity contribution in [3.63, 3.8) is 0 Å². The van der Waals surface area contributed by atoms with Crippen LogP contribution in [0.2, 0.25) is 0 Å². The number of carbonyl (C=O) groups excluding carboxylic acids is 2. The molecule has 8 nitrogen and oxygen atoms in total. The Hall–Kier alpha value is -4.50. The van der Waals surface area contributed by atoms with E-state index in [2.05, 4.69) is 27.2 Å². The number of piperazine rings is 1. The first kappa shape index (κ1) is 24.8. The molecule has 2 amide bonds. The summed E-state index contributed by atoms with van der Waals surface area (Å²) in [4.78, 5) is 43.7. The molecule has 0 radical (unpaired) electrons. The molecule has 6 rings (SSSR count). The van der Waals surface area contributed by atoms with Gasteiger partial charge in [-0.25, -0.2) is 4.39 Å². The molecular formula is C30H27FN6O2. The molecule has 0 saturated carbocycles. The van der Waals surface area contributed by atoms with Crippen LogP contribution in [0.15, 0.2) is 78.0 Å². The number of hydrogen-bond donors (Lipinski definition) is 1. The SMILES string of the molecule is CN1CCN(C(=O)Cc2ccc(N=C(c3ccc4nccnc4c3)C3C(=O)Nc4cc(F)ccc43)cc2)CC1. The summed E-state index contributed by atoms with van der Waals surface area (Å²) in [5.74, 6) is -1.31. The second-order valence-corrected chi connectivity index (χ2v) is 9.94. The van der Waals surface area contributed by atoms with Crippen LogP contribution in [0.5, 0.6) is 0 Å². The maximum Gasteiger partial charge on any atom is 0.238 e. The summed E-state index contributed by atoms with van der Waals surface area (Å²) in [5.41, 5.74) is 5.29. The summed E-state index contributed by atoms with van der Waals surface area (Å²) >= 11 is 0. The largest absolute Gasteiger partial charge is 0.340 e. The molecular weight excluding hydrogens is 495 g/mol. The smallest absolute Gasteiger partial charge is 0.238 e. The van der Waals surface area contributed by atoms with E-state index in [1.54, 1.807) is 18.5 Å². The van der Waals surface area contributed by atoms with Gasteiger partial charge in [-0.1, -0.05) is 24.3 Å². The number of anilines is 1. The van der Waals surface area contributed by atoms with E-state index in [1.165, 1.54) is 12.1 Å². The fourth-order valence-electron chi connectivity index (χ4n) is 5.09. The third-order valence-corrected chi connectivity index (χ3v) is 7.28. The van der Waals surface area contributed by atoms with E-state index in [-0.39, 0.29) is 11.8 Å². The number of hydrogen-bond acceptors (Lipinski definition) is 6. The quantitative estimate of drug-likeness (QED) is 0.401. The average Bonchev–Trinajstić information content (AvgIpc) is 3.27. The fourth-order valence-corrected chi connectivity index (χ4v) is 5.09. The highest BCUT2D eigenvalue weighted by atomic mass is 19.1. The molecule has 196 valence electrons. The first-order valence-corrected chi connectivity index (χ1v) is 12.9. The molecule has 9 heteroatoms. The van der Waals surface area contributed by atoms with Crippen molar-refractivity contribution in [1.29, 1.82) is 0 Å². The summed E-state index contributed by atoms with van der Waals surface area (Å²) in [7, 11) is 2.06. The Labute approximate surface area is 225 Å². The summed E-state index contributed by atoms with van der Waals surface area (Å²) in [5, 5.41) is 2.79. The third-order valence-electron chi connectivity index (χ3n) is 7.28. The van der Waals surface area contributed by atoms with Crippen molar-refractivity contribution in [1.82, 2.24) is 19.8 Å². The lowest BCUT2D eigenvalue weighted by molar-refractivity contribution is -0.132. The molecule has 1 aromatic heterocycles. The summed E-state index contributed by atoms with van der Waals surface area (Å²) in [6, 6.07) is 17.4. The van der Waals surface area contributed by atoms with Crippen LogP contribution in [-0.4, -0.2) is 70.5 Å². The zero-order valence-corrected chi connectivity index (χ0v) is 21.5. The lowest BCUT2D eigenvalue weighted by atomic mass is 9.90. The van der Waals surface area contributed by atoms with Crippen LogP contribution in [-0.2, 0) is 16.0 Å². The monoisotopic (exact) mass is 522 g/mol. The standard InChI is InChI=1S/C30H27FN6O2/c1-36-12-14-37(15-13-36)27(38)16-19-2-6-22(7-3-19)34-29(20-4-9-24-26(17-20)33-11-10-32-24)28-23-8-5-21(31)18-25(23)35-30(28)39/h2-11,17-18,28H,12-16H2,1H3,(H,35,39). The number of aliphatic imine (C=N–C) groups is 1. The van der Waals surface area contributed by atoms with Gasteiger partial charge in [-0.3, -0.25) is 24.5 Å². The number of rotatable bonds is 5. The third kappa shape index (κ3) is 5.13. The van der Waals surface area contributed by atoms with Gasteiger partial charge in [-0.05, 0) is 60.1 Å². The topological polar surface area (TPSA) is 90.8 Å². The number of nitrogens with zero attached hydrogens (tertiary/aromatic N) is 5. The maximum atomic E-state index is 13.9. The van der Waals surface area contributed by atoms with Crippen LogP contribution < -0.4 is 5.32 Å². The van der Waals surface area contributed by atoms with Gasteiger partial charge in [0.2, 0.25) is 11.8 Å². The van der Waals surface area contributed by atoms with E-state index in [1.807, 2.05) is 47.4 Å². The molecule has 0 aliphatic carbocycles. The number of amides is 2. The highest BCUT2D eigenvalue weighted by Gasteiger charge is 2.35. The molecule has 3 heterocycles. The van der Waals surface area contributed by atoms with Crippen molar-refractivity contribution in [2.45, 2.75) is 12.3 Å². The van der Waals surface area contributed by atoms with Crippen molar-refractivity contribution in [2.24, 2.45) is 4.99 Å². The van der Waals surface area contributed by atoms with Gasteiger partial charge in [0, 0.05) is 44.3 Å². The zero-order valence-electron chi connectivity index (χ0n) is 21.5. The van der Waals surface area contributed by atoms with E-state index in [0.29, 0.717) is 34.6 Å². The minimum absolute atomic E-state index is 0.115. The zero-order chi connectivity index (χ0) is 26.9. The summed E-state index contributed by atoms with van der Waals surface area (Å²) in [6.07, 6.45) is 3.57. The molecule has 0 spiro atoms. The Bertz CT molecular complexity index is 1600. The van der Waals surface area contributed by atoms with Crippen LogP contribution in [0.1, 0.15) is 22.6 Å². The van der Waals surface area contributed by atoms with Gasteiger partial charge in [0.15, 0.2) is 0 Å². The Morgan fingerprint density at radius 2 is 1.72 bits per heavy atom. The van der Waals surface area contributed by atoms with Crippen molar-refractivity contribution in [3.05, 3.63) is 95.6 Å².